The number of alkyl halides is 6. The zero-order valence-corrected chi connectivity index (χ0v) is 30.1. The molecule has 59 heavy (non-hydrogen) atoms. The van der Waals surface area contributed by atoms with Crippen LogP contribution in [-0.4, -0.2) is 23.7 Å². The number of nitrogen functional groups attached to an aromatic ring is 3. The van der Waals surface area contributed by atoms with Crippen LogP contribution in [0.3, 0.4) is 0 Å². The summed E-state index contributed by atoms with van der Waals surface area (Å²) in [5.41, 5.74) is 20.0. The molecule has 0 bridgehead atoms. The maximum atomic E-state index is 12.8. The number of aldehydes is 2. The van der Waals surface area contributed by atoms with Crippen LogP contribution in [0.2, 0.25) is 0 Å². The van der Waals surface area contributed by atoms with Crippen molar-refractivity contribution in [3.63, 3.8) is 0 Å². The molecule has 0 saturated heterocycles. The van der Waals surface area contributed by atoms with Gasteiger partial charge in [-0.1, -0.05) is 75.5 Å². The van der Waals surface area contributed by atoms with Crippen molar-refractivity contribution in [2.45, 2.75) is 27.2 Å². The molecule has 308 valence electrons. The lowest BCUT2D eigenvalue weighted by Gasteiger charge is -2.12. The Balaban J connectivity index is 0.000000334. The average molecular weight is 837 g/mol. The number of carbonyl (C=O) groups is 4. The fourth-order valence-corrected chi connectivity index (χ4v) is 5.34. The lowest BCUT2D eigenvalue weighted by Crippen LogP contribution is -2.13. The molecule has 0 aliphatic carbocycles. The maximum absolute atomic E-state index is 12.8. The van der Waals surface area contributed by atoms with Crippen molar-refractivity contribution in [1.29, 1.82) is 0 Å². The maximum Gasteiger partial charge on any atom is 0.416 e. The third-order valence-corrected chi connectivity index (χ3v) is 8.27. The number of rotatable bonds is 7. The lowest BCUT2D eigenvalue weighted by atomic mass is 9.98. The van der Waals surface area contributed by atoms with Gasteiger partial charge in [0.05, 0.1) is 11.1 Å². The third-order valence-electron chi connectivity index (χ3n) is 8.07. The summed E-state index contributed by atoms with van der Waals surface area (Å²) in [6, 6.07) is 31.6. The van der Waals surface area contributed by atoms with Gasteiger partial charge in [-0.2, -0.15) is 26.3 Å². The smallest absolute Gasteiger partial charge is 0.399 e. The summed E-state index contributed by atoms with van der Waals surface area (Å²) < 4.78 is 75.7. The van der Waals surface area contributed by atoms with Gasteiger partial charge in [0.2, 0.25) is 0 Å². The third kappa shape index (κ3) is 13.1. The quantitative estimate of drug-likeness (QED) is 0.0539. The van der Waals surface area contributed by atoms with Gasteiger partial charge in [0.15, 0.2) is 12.6 Å². The van der Waals surface area contributed by atoms with Gasteiger partial charge in [-0.3, -0.25) is 19.2 Å². The summed E-state index contributed by atoms with van der Waals surface area (Å²) in [5, 5.41) is 2.04. The van der Waals surface area contributed by atoms with Crippen molar-refractivity contribution < 1.29 is 45.5 Å². The lowest BCUT2D eigenvalue weighted by molar-refractivity contribution is -0.138. The zero-order chi connectivity index (χ0) is 41.9. The molecular weight excluding hydrogens is 798 g/mol. The number of carbonyl (C=O) groups excluding carboxylic acids is 4. The predicted molar refractivity (Wildman–Crippen MR) is 222 cm³/mol. The molecule has 0 radical (unpaired) electrons. The molecule has 0 unspecified atom stereocenters. The topological polar surface area (TPSA) is 158 Å². The first-order valence-electron chi connectivity index (χ1n) is 16.4. The highest BCUT2D eigenvalue weighted by Crippen LogP contribution is 2.33. The molecule has 0 spiro atoms. The van der Waals surface area contributed by atoms with Gasteiger partial charge in [0, 0.05) is 45.0 Å². The number of hydrogen-bond acceptors (Lipinski definition) is 7. The molecule has 0 atom stereocenters. The van der Waals surface area contributed by atoms with E-state index in [1.165, 1.54) is 42.5 Å². The molecule has 8 nitrogen and oxygen atoms in total. The monoisotopic (exact) mass is 836 g/mol. The Kier molecular flexibility index (Phi) is 17.2. The number of benzene rings is 6. The molecule has 15 heteroatoms. The van der Waals surface area contributed by atoms with Crippen molar-refractivity contribution in [3.8, 4) is 22.3 Å². The highest BCUT2D eigenvalue weighted by molar-refractivity contribution is 6.68. The van der Waals surface area contributed by atoms with Gasteiger partial charge in [-0.05, 0) is 107 Å². The fraction of sp³-hybridized carbons (Fsp3) is 0.0909. The van der Waals surface area contributed by atoms with E-state index < -0.39 is 34.6 Å². The Labute approximate surface area is 341 Å². The van der Waals surface area contributed by atoms with Crippen LogP contribution in [0.1, 0.15) is 67.4 Å². The largest absolute Gasteiger partial charge is 0.416 e. The summed E-state index contributed by atoms with van der Waals surface area (Å²) in [7, 11) is 0. The molecule has 1 amide bonds. The molecule has 6 aromatic rings. The molecular formula is C44H39ClF6N4O4. The number of amides is 1. The fourth-order valence-electron chi connectivity index (χ4n) is 5.18. The van der Waals surface area contributed by atoms with Crippen molar-refractivity contribution in [2.24, 2.45) is 0 Å². The van der Waals surface area contributed by atoms with Crippen molar-refractivity contribution in [2.75, 3.05) is 22.5 Å². The van der Waals surface area contributed by atoms with Gasteiger partial charge in [0.1, 0.15) is 0 Å². The normalized spacial score (nSPS) is 10.5. The van der Waals surface area contributed by atoms with Gasteiger partial charge in [-0.15, -0.1) is 0 Å². The average Bonchev–Trinajstić information content (AvgIpc) is 3.18. The summed E-state index contributed by atoms with van der Waals surface area (Å²) in [4.78, 5) is 45.0. The second-order valence-electron chi connectivity index (χ2n) is 11.9. The first kappa shape index (κ1) is 48.2. The summed E-state index contributed by atoms with van der Waals surface area (Å²) in [5.74, 6) is -0.450. The minimum absolute atomic E-state index is 0. The minimum Gasteiger partial charge on any atom is -0.399 e. The standard InChI is InChI=1S/C21H15F3N2O2.C14H8ClF3O.C7H8N2O.2CH4/c22-21(23,24)15-8-5-13(6-9-15)17-3-1-2-4-18(17)20(28)26-16-10-7-14(12-27)19(25)11-16;15-13(19)12-4-2-1-3-11(12)9-5-7-10(8-6-9)14(16,17)18;8-6-2-1-5(4-10)7(9)3-6;;/h1-12H,25H2,(H,26,28);1-8H;1-4H,8-9H2;2*1H4. The van der Waals surface area contributed by atoms with Crippen molar-refractivity contribution in [1.82, 2.24) is 0 Å². The number of nitrogens with one attached hydrogen (secondary N) is 1. The van der Waals surface area contributed by atoms with E-state index in [1.807, 2.05) is 0 Å². The molecule has 0 heterocycles. The van der Waals surface area contributed by atoms with Gasteiger partial charge in [-0.25, -0.2) is 0 Å². The Hall–Kier alpha value is -6.93. The van der Waals surface area contributed by atoms with Crippen LogP contribution < -0.4 is 22.5 Å². The highest BCUT2D eigenvalue weighted by Gasteiger charge is 2.31. The van der Waals surface area contributed by atoms with Gasteiger partial charge >= 0.3 is 12.4 Å². The molecule has 0 fully saturated rings. The summed E-state index contributed by atoms with van der Waals surface area (Å²) >= 11 is 5.44. The van der Waals surface area contributed by atoms with Gasteiger partial charge in [0.25, 0.3) is 11.1 Å². The molecule has 0 aliphatic heterocycles. The molecule has 7 N–H and O–H groups in total. The second kappa shape index (κ2) is 21.0. The summed E-state index contributed by atoms with van der Waals surface area (Å²) in [6.07, 6.45) is -7.49. The summed E-state index contributed by atoms with van der Waals surface area (Å²) in [6.45, 7) is 0. The molecule has 6 rings (SSSR count). The van der Waals surface area contributed by atoms with Crippen LogP contribution in [-0.2, 0) is 12.4 Å². The van der Waals surface area contributed by atoms with Crippen LogP contribution in [0, 0.1) is 0 Å². The van der Waals surface area contributed by atoms with Crippen LogP contribution in [0.5, 0.6) is 0 Å². The van der Waals surface area contributed by atoms with E-state index in [4.69, 9.17) is 28.8 Å². The Bertz CT molecular complexity index is 2380. The van der Waals surface area contributed by atoms with E-state index in [2.05, 4.69) is 5.32 Å². The second-order valence-corrected chi connectivity index (χ2v) is 12.3. The first-order valence-corrected chi connectivity index (χ1v) is 16.8. The van der Waals surface area contributed by atoms with E-state index in [0.29, 0.717) is 68.6 Å². The Morgan fingerprint density at radius 3 is 1.36 bits per heavy atom. The molecule has 0 saturated carbocycles. The van der Waals surface area contributed by atoms with Crippen molar-refractivity contribution in [3.05, 3.63) is 167 Å². The highest BCUT2D eigenvalue weighted by atomic mass is 35.5. The van der Waals surface area contributed by atoms with E-state index in [1.54, 1.807) is 66.7 Å². The van der Waals surface area contributed by atoms with E-state index in [9.17, 15) is 45.5 Å². The number of anilines is 4. The van der Waals surface area contributed by atoms with Crippen LogP contribution in [0.4, 0.5) is 49.1 Å². The zero-order valence-electron chi connectivity index (χ0n) is 29.4. The van der Waals surface area contributed by atoms with E-state index in [0.717, 1.165) is 24.3 Å². The van der Waals surface area contributed by atoms with E-state index >= 15 is 0 Å². The number of halogens is 7. The SMILES string of the molecule is C.C.Nc1cc(NC(=O)c2ccccc2-c2ccc(C(F)(F)F)cc2)ccc1C=O.Nc1ccc(C=O)c(N)c1.O=C(Cl)c1ccccc1-c1ccc(C(F)(F)F)cc1. The van der Waals surface area contributed by atoms with E-state index in [-0.39, 0.29) is 26.1 Å². The number of nitrogens with two attached hydrogens (primary N) is 3. The Morgan fingerprint density at radius 2 is 0.949 bits per heavy atom. The predicted octanol–water partition coefficient (Wildman–Crippen LogP) is 11.7. The van der Waals surface area contributed by atoms with Crippen molar-refractivity contribution >= 4 is 58.1 Å². The van der Waals surface area contributed by atoms with Crippen LogP contribution in [0.25, 0.3) is 22.3 Å². The minimum atomic E-state index is -4.43. The first-order chi connectivity index (χ1) is 26.9. The molecule has 6 aromatic carbocycles. The van der Waals surface area contributed by atoms with Crippen LogP contribution >= 0.6 is 11.6 Å². The molecule has 0 aliphatic rings. The number of hydrogen-bond donors (Lipinski definition) is 4. The molecule has 0 aromatic heterocycles. The Morgan fingerprint density at radius 1 is 0.542 bits per heavy atom. The van der Waals surface area contributed by atoms with Crippen LogP contribution in [0.15, 0.2) is 133 Å². The van der Waals surface area contributed by atoms with Gasteiger partial charge < -0.3 is 22.5 Å².